The Bertz CT molecular complexity index is 526. The number of hydrogen-bond donors (Lipinski definition) is 1. The van der Waals surface area contributed by atoms with Crippen molar-refractivity contribution in [3.05, 3.63) is 29.8 Å². The number of benzene rings is 1. The van der Waals surface area contributed by atoms with Crippen LogP contribution in [-0.2, 0) is 11.3 Å². The number of nitrogens with two attached hydrogens (primary N) is 1. The molecule has 0 aromatic heterocycles. The van der Waals surface area contributed by atoms with Gasteiger partial charge in [-0.25, -0.2) is 0 Å². The molecule has 3 rings (SSSR count). The van der Waals surface area contributed by atoms with E-state index in [9.17, 15) is 4.79 Å². The smallest absolute Gasteiger partial charge is 0.223 e. The maximum atomic E-state index is 12.6. The largest absolute Gasteiger partial charge is 0.373 e. The van der Waals surface area contributed by atoms with Gasteiger partial charge in [0.15, 0.2) is 0 Å². The molecule has 0 spiro atoms. The van der Waals surface area contributed by atoms with E-state index in [1.54, 1.807) is 0 Å². The molecular formula is C17H27Cl2N3O. The zero-order valence-electron chi connectivity index (χ0n) is 13.6. The molecular weight excluding hydrogens is 333 g/mol. The summed E-state index contributed by atoms with van der Waals surface area (Å²) in [6, 6.07) is 8.59. The Morgan fingerprint density at radius 1 is 1.22 bits per heavy atom. The molecule has 2 aliphatic rings. The molecule has 1 heterocycles. The molecule has 2 N–H and O–H groups in total. The van der Waals surface area contributed by atoms with Gasteiger partial charge in [0.2, 0.25) is 5.91 Å². The van der Waals surface area contributed by atoms with Crippen LogP contribution in [0.4, 0.5) is 5.69 Å². The Morgan fingerprint density at radius 3 is 2.65 bits per heavy atom. The molecule has 0 bridgehead atoms. The molecule has 1 fully saturated rings. The number of likely N-dealkylation sites (N-methyl/N-ethyl adjacent to an activating group) is 1. The van der Waals surface area contributed by atoms with Crippen molar-refractivity contribution in [2.45, 2.75) is 38.3 Å². The fourth-order valence-corrected chi connectivity index (χ4v) is 3.58. The van der Waals surface area contributed by atoms with Crippen molar-refractivity contribution in [3.8, 4) is 0 Å². The first-order valence-electron chi connectivity index (χ1n) is 7.97. The number of halogens is 2. The lowest BCUT2D eigenvalue weighted by Crippen LogP contribution is -2.37. The normalized spacial score (nSPS) is 23.4. The lowest BCUT2D eigenvalue weighted by atomic mass is 9.99. The first-order chi connectivity index (χ1) is 10.1. The van der Waals surface area contributed by atoms with Gasteiger partial charge in [0, 0.05) is 44.8 Å². The third kappa shape index (κ3) is 4.52. The average molecular weight is 360 g/mol. The van der Waals surface area contributed by atoms with Gasteiger partial charge < -0.3 is 15.5 Å². The third-order valence-electron chi connectivity index (χ3n) is 4.98. The van der Waals surface area contributed by atoms with Crippen molar-refractivity contribution in [3.63, 3.8) is 0 Å². The number of amides is 1. The van der Waals surface area contributed by atoms with E-state index < -0.39 is 0 Å². The standard InChI is InChI=1S/C17H25N3O.2ClH/c1-19-9-10-20(12-14-5-2-3-8-16(14)19)17(21)11-13-6-4-7-15(13)18;;/h2-3,5,8,13,15H,4,6-7,9-12,18H2,1H3;2*1H/t13-,15+;;/m0../s1. The summed E-state index contributed by atoms with van der Waals surface area (Å²) in [5.74, 6) is 0.649. The van der Waals surface area contributed by atoms with Gasteiger partial charge >= 0.3 is 0 Å². The number of carbonyl (C=O) groups is 1. The van der Waals surface area contributed by atoms with E-state index in [0.29, 0.717) is 12.3 Å². The molecule has 0 radical (unpaired) electrons. The zero-order chi connectivity index (χ0) is 14.8. The summed E-state index contributed by atoms with van der Waals surface area (Å²) in [5, 5.41) is 0. The van der Waals surface area contributed by atoms with E-state index in [0.717, 1.165) is 32.5 Å². The summed E-state index contributed by atoms with van der Waals surface area (Å²) in [6.07, 6.45) is 3.97. The Morgan fingerprint density at radius 2 is 1.96 bits per heavy atom. The molecule has 23 heavy (non-hydrogen) atoms. The van der Waals surface area contributed by atoms with Crippen molar-refractivity contribution >= 4 is 36.4 Å². The number of hydrogen-bond acceptors (Lipinski definition) is 3. The highest BCUT2D eigenvalue weighted by molar-refractivity contribution is 5.85. The summed E-state index contributed by atoms with van der Waals surface area (Å²) in [5.41, 5.74) is 8.59. The van der Waals surface area contributed by atoms with Gasteiger partial charge in [0.1, 0.15) is 0 Å². The molecule has 1 amide bonds. The minimum atomic E-state index is 0. The van der Waals surface area contributed by atoms with Crippen molar-refractivity contribution in [1.82, 2.24) is 4.90 Å². The first kappa shape index (κ1) is 20.1. The lowest BCUT2D eigenvalue weighted by molar-refractivity contribution is -0.132. The minimum absolute atomic E-state index is 0. The van der Waals surface area contributed by atoms with Crippen LogP contribution in [0.5, 0.6) is 0 Å². The van der Waals surface area contributed by atoms with Crippen LogP contribution < -0.4 is 10.6 Å². The third-order valence-corrected chi connectivity index (χ3v) is 4.98. The van der Waals surface area contributed by atoms with Crippen LogP contribution >= 0.6 is 24.8 Å². The van der Waals surface area contributed by atoms with Gasteiger partial charge in [-0.2, -0.15) is 0 Å². The van der Waals surface area contributed by atoms with Gasteiger partial charge in [-0.05, 0) is 30.4 Å². The molecule has 1 aliphatic heterocycles. The topological polar surface area (TPSA) is 49.6 Å². The summed E-state index contributed by atoms with van der Waals surface area (Å²) in [4.78, 5) is 16.9. The second-order valence-corrected chi connectivity index (χ2v) is 6.42. The van der Waals surface area contributed by atoms with E-state index in [1.807, 2.05) is 11.0 Å². The van der Waals surface area contributed by atoms with Crippen LogP contribution in [0.2, 0.25) is 0 Å². The van der Waals surface area contributed by atoms with E-state index in [2.05, 4.69) is 30.1 Å². The summed E-state index contributed by atoms with van der Waals surface area (Å²) in [6.45, 7) is 2.41. The Balaban J connectivity index is 0.00000132. The van der Waals surface area contributed by atoms with Crippen LogP contribution in [0.25, 0.3) is 0 Å². The summed E-state index contributed by atoms with van der Waals surface area (Å²) >= 11 is 0. The van der Waals surface area contributed by atoms with Crippen LogP contribution in [0.1, 0.15) is 31.2 Å². The van der Waals surface area contributed by atoms with E-state index in [1.165, 1.54) is 17.7 Å². The molecule has 4 nitrogen and oxygen atoms in total. The Hall–Kier alpha value is -0.970. The van der Waals surface area contributed by atoms with E-state index >= 15 is 0 Å². The van der Waals surface area contributed by atoms with Crippen LogP contribution in [0.3, 0.4) is 0 Å². The van der Waals surface area contributed by atoms with E-state index in [4.69, 9.17) is 5.73 Å². The molecule has 1 saturated carbocycles. The highest BCUT2D eigenvalue weighted by Crippen LogP contribution is 2.29. The maximum Gasteiger partial charge on any atom is 0.223 e. The second kappa shape index (κ2) is 8.76. The number of rotatable bonds is 2. The van der Waals surface area contributed by atoms with Crippen molar-refractivity contribution in [2.75, 3.05) is 25.0 Å². The number of fused-ring (bicyclic) bond motifs is 1. The molecule has 0 saturated heterocycles. The van der Waals surface area contributed by atoms with E-state index in [-0.39, 0.29) is 36.8 Å². The zero-order valence-corrected chi connectivity index (χ0v) is 15.2. The number of carbonyl (C=O) groups excluding carboxylic acids is 1. The Labute approximate surface area is 151 Å². The predicted octanol–water partition coefficient (Wildman–Crippen LogP) is 2.83. The molecule has 1 aromatic carbocycles. The van der Waals surface area contributed by atoms with Gasteiger partial charge in [-0.3, -0.25) is 4.79 Å². The maximum absolute atomic E-state index is 12.6. The van der Waals surface area contributed by atoms with Crippen LogP contribution in [-0.4, -0.2) is 37.0 Å². The molecule has 6 heteroatoms. The molecule has 2 atom stereocenters. The molecule has 1 aliphatic carbocycles. The SMILES string of the molecule is CN1CCN(C(=O)C[C@@H]2CCC[C@H]2N)Cc2ccccc21.Cl.Cl. The number of nitrogens with zero attached hydrogens (tertiary/aromatic N) is 2. The molecule has 1 aromatic rings. The van der Waals surface area contributed by atoms with Crippen LogP contribution in [0, 0.1) is 5.92 Å². The number of para-hydroxylation sites is 1. The minimum Gasteiger partial charge on any atom is -0.373 e. The lowest BCUT2D eigenvalue weighted by Gasteiger charge is -2.24. The quantitative estimate of drug-likeness (QED) is 0.882. The van der Waals surface area contributed by atoms with Gasteiger partial charge in [-0.15, -0.1) is 24.8 Å². The summed E-state index contributed by atoms with van der Waals surface area (Å²) < 4.78 is 0. The van der Waals surface area contributed by atoms with Gasteiger partial charge in [0.05, 0.1) is 0 Å². The molecule has 0 unspecified atom stereocenters. The average Bonchev–Trinajstić information content (AvgIpc) is 2.80. The fourth-order valence-electron chi connectivity index (χ4n) is 3.58. The fraction of sp³-hybridized carbons (Fsp3) is 0.588. The highest BCUT2D eigenvalue weighted by atomic mass is 35.5. The Kier molecular flexibility index (Phi) is 7.65. The van der Waals surface area contributed by atoms with Crippen LogP contribution in [0.15, 0.2) is 24.3 Å². The van der Waals surface area contributed by atoms with Crippen molar-refractivity contribution in [1.29, 1.82) is 0 Å². The predicted molar refractivity (Wildman–Crippen MR) is 99.6 cm³/mol. The summed E-state index contributed by atoms with van der Waals surface area (Å²) in [7, 11) is 2.10. The monoisotopic (exact) mass is 359 g/mol. The van der Waals surface area contributed by atoms with Crippen molar-refractivity contribution < 1.29 is 4.79 Å². The van der Waals surface area contributed by atoms with Crippen molar-refractivity contribution in [2.24, 2.45) is 11.7 Å². The first-order valence-corrected chi connectivity index (χ1v) is 7.97. The van der Waals surface area contributed by atoms with Gasteiger partial charge in [-0.1, -0.05) is 24.6 Å². The van der Waals surface area contributed by atoms with Gasteiger partial charge in [0.25, 0.3) is 0 Å². The second-order valence-electron chi connectivity index (χ2n) is 6.42. The molecule has 130 valence electrons. The number of anilines is 1. The highest BCUT2D eigenvalue weighted by Gasteiger charge is 2.29.